The van der Waals surface area contributed by atoms with Crippen molar-refractivity contribution in [1.82, 2.24) is 4.31 Å². The summed E-state index contributed by atoms with van der Waals surface area (Å²) in [5.74, 6) is -0.108. The molecule has 0 aliphatic carbocycles. The largest absolute Gasteiger partial charge is 0.444 e. The number of aryl methyl sites for hydroxylation is 1. The quantitative estimate of drug-likeness (QED) is 0.696. The molecule has 4 rings (SSSR count). The average molecular weight is 429 g/mol. The molecule has 0 N–H and O–H groups in total. The third-order valence-corrected chi connectivity index (χ3v) is 7.71. The van der Waals surface area contributed by atoms with Crippen LogP contribution in [0, 0.1) is 6.92 Å². The monoisotopic (exact) mass is 428 g/mol. The van der Waals surface area contributed by atoms with E-state index in [2.05, 4.69) is 0 Å². The van der Waals surface area contributed by atoms with Crippen molar-refractivity contribution in [2.45, 2.75) is 44.2 Å². The zero-order valence-corrected chi connectivity index (χ0v) is 17.8. The standard InChI is InChI=1S/C22H24N2O5S/c1-15-4-3-5-18-14-29-22(26)24(21(15)18)19-10-12-23(13-11-19)30(27,28)20-8-6-17(7-9-20)16(2)25/h3-9,19H,10-14H2,1-2H3. The third-order valence-electron chi connectivity index (χ3n) is 5.80. The molecule has 0 radical (unpaired) electrons. The van der Waals surface area contributed by atoms with Gasteiger partial charge in [0, 0.05) is 30.3 Å². The lowest BCUT2D eigenvalue weighted by atomic mass is 10.00. The molecule has 1 fully saturated rings. The number of carbonyl (C=O) groups excluding carboxylic acids is 2. The number of cyclic esters (lactones) is 1. The maximum Gasteiger partial charge on any atom is 0.414 e. The SMILES string of the molecule is CC(=O)c1ccc(S(=O)(=O)N2CCC(N3C(=O)OCc4cccc(C)c43)CC2)cc1. The van der Waals surface area contributed by atoms with Crippen LogP contribution in [0.1, 0.15) is 41.3 Å². The lowest BCUT2D eigenvalue weighted by molar-refractivity contribution is 0.101. The van der Waals surface area contributed by atoms with Gasteiger partial charge >= 0.3 is 6.09 Å². The number of hydrogen-bond acceptors (Lipinski definition) is 5. The number of nitrogens with zero attached hydrogens (tertiary/aromatic N) is 2. The normalized spacial score (nSPS) is 18.1. The van der Waals surface area contributed by atoms with Crippen LogP contribution in [0.15, 0.2) is 47.4 Å². The van der Waals surface area contributed by atoms with Crippen LogP contribution in [0.4, 0.5) is 10.5 Å². The summed E-state index contributed by atoms with van der Waals surface area (Å²) in [6, 6.07) is 11.7. The van der Waals surface area contributed by atoms with Gasteiger partial charge in [-0.15, -0.1) is 0 Å². The van der Waals surface area contributed by atoms with Gasteiger partial charge in [0.25, 0.3) is 0 Å². The smallest absolute Gasteiger partial charge is 0.414 e. The lowest BCUT2D eigenvalue weighted by Crippen LogP contribution is -2.50. The van der Waals surface area contributed by atoms with E-state index in [0.29, 0.717) is 31.5 Å². The summed E-state index contributed by atoms with van der Waals surface area (Å²) in [4.78, 5) is 25.8. The highest BCUT2D eigenvalue weighted by Crippen LogP contribution is 2.35. The number of ether oxygens (including phenoxy) is 1. The number of Topliss-reactive ketones (excluding diaryl/α,β-unsaturated/α-hetero) is 1. The number of carbonyl (C=O) groups is 2. The Morgan fingerprint density at radius 1 is 1.07 bits per heavy atom. The molecule has 158 valence electrons. The van der Waals surface area contributed by atoms with Gasteiger partial charge < -0.3 is 4.74 Å². The average Bonchev–Trinajstić information content (AvgIpc) is 2.74. The number of para-hydroxylation sites is 1. The van der Waals surface area contributed by atoms with Gasteiger partial charge in [0.2, 0.25) is 10.0 Å². The van der Waals surface area contributed by atoms with E-state index in [1.165, 1.54) is 35.5 Å². The second-order valence-corrected chi connectivity index (χ2v) is 9.66. The van der Waals surface area contributed by atoms with Crippen LogP contribution in [0.3, 0.4) is 0 Å². The van der Waals surface area contributed by atoms with E-state index in [-0.39, 0.29) is 29.4 Å². The van der Waals surface area contributed by atoms with Crippen LogP contribution >= 0.6 is 0 Å². The maximum absolute atomic E-state index is 13.0. The molecule has 0 atom stereocenters. The number of anilines is 1. The Morgan fingerprint density at radius 3 is 2.37 bits per heavy atom. The molecule has 8 heteroatoms. The third kappa shape index (κ3) is 3.61. The summed E-state index contributed by atoms with van der Waals surface area (Å²) >= 11 is 0. The molecular weight excluding hydrogens is 404 g/mol. The first-order valence-electron chi connectivity index (χ1n) is 9.94. The number of sulfonamides is 1. The van der Waals surface area contributed by atoms with Crippen molar-refractivity contribution in [2.75, 3.05) is 18.0 Å². The Bertz CT molecular complexity index is 1090. The summed E-state index contributed by atoms with van der Waals surface area (Å²) < 4.78 is 32.8. The minimum Gasteiger partial charge on any atom is -0.444 e. The molecule has 2 aliphatic rings. The van der Waals surface area contributed by atoms with Crippen molar-refractivity contribution >= 4 is 27.6 Å². The number of fused-ring (bicyclic) bond motifs is 1. The van der Waals surface area contributed by atoms with Crippen LogP contribution in [0.5, 0.6) is 0 Å². The van der Waals surface area contributed by atoms with Gasteiger partial charge in [0.05, 0.1) is 10.6 Å². The van der Waals surface area contributed by atoms with Crippen molar-refractivity contribution in [2.24, 2.45) is 0 Å². The summed E-state index contributed by atoms with van der Waals surface area (Å²) in [6.07, 6.45) is 0.666. The summed E-state index contributed by atoms with van der Waals surface area (Å²) in [5, 5.41) is 0. The summed E-state index contributed by atoms with van der Waals surface area (Å²) in [7, 11) is -3.65. The van der Waals surface area contributed by atoms with E-state index >= 15 is 0 Å². The number of amides is 1. The van der Waals surface area contributed by atoms with Crippen LogP contribution in [0.25, 0.3) is 0 Å². The van der Waals surface area contributed by atoms with Crippen LogP contribution in [-0.4, -0.2) is 43.7 Å². The summed E-state index contributed by atoms with van der Waals surface area (Å²) in [5.41, 5.74) is 3.33. The second-order valence-electron chi connectivity index (χ2n) is 7.72. The lowest BCUT2D eigenvalue weighted by Gasteiger charge is -2.40. The van der Waals surface area contributed by atoms with Gasteiger partial charge in [0.1, 0.15) is 6.61 Å². The number of hydrogen-bond donors (Lipinski definition) is 0. The minimum atomic E-state index is -3.65. The zero-order valence-electron chi connectivity index (χ0n) is 17.0. The van der Waals surface area contributed by atoms with Crippen molar-refractivity contribution in [3.63, 3.8) is 0 Å². The Hall–Kier alpha value is -2.71. The predicted octanol–water partition coefficient (Wildman–Crippen LogP) is 3.51. The molecule has 0 bridgehead atoms. The zero-order chi connectivity index (χ0) is 21.5. The van der Waals surface area contributed by atoms with Gasteiger partial charge in [-0.3, -0.25) is 9.69 Å². The van der Waals surface area contributed by atoms with Crippen molar-refractivity contribution < 1.29 is 22.7 Å². The molecule has 0 unspecified atom stereocenters. The number of piperidine rings is 1. The highest BCUT2D eigenvalue weighted by molar-refractivity contribution is 7.89. The topological polar surface area (TPSA) is 84.0 Å². The van der Waals surface area contributed by atoms with Crippen LogP contribution in [-0.2, 0) is 21.4 Å². The Morgan fingerprint density at radius 2 is 1.73 bits per heavy atom. The molecule has 7 nitrogen and oxygen atoms in total. The number of rotatable bonds is 4. The molecule has 0 aromatic heterocycles. The maximum atomic E-state index is 13.0. The van der Waals surface area contributed by atoms with Gasteiger partial charge in [-0.1, -0.05) is 30.3 Å². The van der Waals surface area contributed by atoms with Crippen LogP contribution in [0.2, 0.25) is 0 Å². The van der Waals surface area contributed by atoms with Gasteiger partial charge in [0.15, 0.2) is 5.78 Å². The molecule has 2 aromatic carbocycles. The van der Waals surface area contributed by atoms with E-state index in [4.69, 9.17) is 4.74 Å². The highest BCUT2D eigenvalue weighted by atomic mass is 32.2. The molecule has 2 aromatic rings. The Kier molecular flexibility index (Phi) is 5.38. The van der Waals surface area contributed by atoms with E-state index in [9.17, 15) is 18.0 Å². The molecular formula is C22H24N2O5S. The van der Waals surface area contributed by atoms with Gasteiger partial charge in [-0.2, -0.15) is 4.31 Å². The molecule has 30 heavy (non-hydrogen) atoms. The van der Waals surface area contributed by atoms with E-state index < -0.39 is 10.0 Å². The molecule has 1 amide bonds. The molecule has 0 saturated carbocycles. The first kappa shape index (κ1) is 20.6. The molecule has 2 heterocycles. The first-order chi connectivity index (χ1) is 14.3. The molecule has 1 saturated heterocycles. The fourth-order valence-corrected chi connectivity index (χ4v) is 5.63. The minimum absolute atomic E-state index is 0.108. The second kappa shape index (κ2) is 7.85. The molecule has 2 aliphatic heterocycles. The van der Waals surface area contributed by atoms with Crippen molar-refractivity contribution in [3.8, 4) is 0 Å². The predicted molar refractivity (Wildman–Crippen MR) is 112 cm³/mol. The highest BCUT2D eigenvalue weighted by Gasteiger charge is 2.37. The first-order valence-corrected chi connectivity index (χ1v) is 11.4. The number of benzene rings is 2. The van der Waals surface area contributed by atoms with E-state index in [0.717, 1.165) is 16.8 Å². The fourth-order valence-electron chi connectivity index (χ4n) is 4.16. The van der Waals surface area contributed by atoms with Gasteiger partial charge in [-0.25, -0.2) is 13.2 Å². The fraction of sp³-hybridized carbons (Fsp3) is 0.364. The Labute approximate surface area is 176 Å². The summed E-state index contributed by atoms with van der Waals surface area (Å²) in [6.45, 7) is 4.29. The van der Waals surface area contributed by atoms with Crippen molar-refractivity contribution in [3.05, 3.63) is 59.2 Å². The molecule has 0 spiro atoms. The Balaban J connectivity index is 1.52. The van der Waals surface area contributed by atoms with E-state index in [1.54, 1.807) is 4.90 Å². The van der Waals surface area contributed by atoms with E-state index in [1.807, 2.05) is 25.1 Å². The number of ketones is 1. The van der Waals surface area contributed by atoms with Gasteiger partial charge in [-0.05, 0) is 44.4 Å². The van der Waals surface area contributed by atoms with Crippen LogP contribution < -0.4 is 4.90 Å². The van der Waals surface area contributed by atoms with Crippen molar-refractivity contribution in [1.29, 1.82) is 0 Å².